The zero-order valence-corrected chi connectivity index (χ0v) is 18.2. The van der Waals surface area contributed by atoms with Crippen molar-refractivity contribution < 1.29 is 8.91 Å². The van der Waals surface area contributed by atoms with E-state index in [0.29, 0.717) is 24.2 Å². The summed E-state index contributed by atoms with van der Waals surface area (Å²) in [5, 5.41) is 4.14. The quantitative estimate of drug-likeness (QED) is 0.502. The van der Waals surface area contributed by atoms with E-state index in [-0.39, 0.29) is 5.82 Å². The second-order valence-electron chi connectivity index (χ2n) is 8.39. The minimum atomic E-state index is -0.149. The first-order valence-corrected chi connectivity index (χ1v) is 11.3. The predicted molar refractivity (Wildman–Crippen MR) is 120 cm³/mol. The highest BCUT2D eigenvalue weighted by molar-refractivity contribution is 5.53. The molecule has 164 valence electrons. The lowest BCUT2D eigenvalue weighted by atomic mass is 9.97. The van der Waals surface area contributed by atoms with E-state index in [4.69, 9.17) is 4.52 Å². The number of benzene rings is 2. The summed E-state index contributed by atoms with van der Waals surface area (Å²) in [6, 6.07) is 16.9. The highest BCUT2D eigenvalue weighted by Crippen LogP contribution is 2.20. The summed E-state index contributed by atoms with van der Waals surface area (Å²) in [6.07, 6.45) is 3.35. The highest BCUT2D eigenvalue weighted by Gasteiger charge is 2.22. The van der Waals surface area contributed by atoms with Crippen molar-refractivity contribution >= 4 is 0 Å². The van der Waals surface area contributed by atoms with Crippen LogP contribution < -0.4 is 0 Å². The number of hydrogen-bond acceptors (Lipinski definition) is 5. The lowest BCUT2D eigenvalue weighted by Crippen LogP contribution is -2.41. The monoisotopic (exact) mass is 422 g/mol. The number of halogens is 1. The minimum absolute atomic E-state index is 0.149. The van der Waals surface area contributed by atoms with Gasteiger partial charge in [-0.05, 0) is 56.0 Å². The standard InChI is InChI=1S/C25H31FN4O/c1-2-29(19-24-27-25(28-31-24)22-10-4-3-5-11-22)17-21-9-7-14-30(18-21)15-13-20-8-6-12-23(26)16-20/h3-6,8,10-12,16,21H,2,7,9,13-15,17-19H2,1H3/t21-/m0/s1. The Labute approximate surface area is 183 Å². The van der Waals surface area contributed by atoms with Crippen LogP contribution in [-0.4, -0.2) is 52.7 Å². The Bertz CT molecular complexity index is 945. The molecular formula is C25H31FN4O. The van der Waals surface area contributed by atoms with Crippen LogP contribution in [0.1, 0.15) is 31.2 Å². The van der Waals surface area contributed by atoms with Gasteiger partial charge in [0.2, 0.25) is 11.7 Å². The molecule has 0 radical (unpaired) electrons. The third-order valence-corrected chi connectivity index (χ3v) is 6.03. The molecule has 1 fully saturated rings. The van der Waals surface area contributed by atoms with Gasteiger partial charge in [-0.1, -0.05) is 54.5 Å². The van der Waals surface area contributed by atoms with Crippen LogP contribution in [0.3, 0.4) is 0 Å². The van der Waals surface area contributed by atoms with Gasteiger partial charge in [0.05, 0.1) is 6.54 Å². The van der Waals surface area contributed by atoms with Gasteiger partial charge < -0.3 is 9.42 Å². The topological polar surface area (TPSA) is 45.4 Å². The van der Waals surface area contributed by atoms with E-state index in [2.05, 4.69) is 26.9 Å². The molecule has 1 atom stereocenters. The molecule has 5 nitrogen and oxygen atoms in total. The molecule has 1 aliphatic heterocycles. The molecule has 6 heteroatoms. The van der Waals surface area contributed by atoms with E-state index in [1.807, 2.05) is 36.4 Å². The summed E-state index contributed by atoms with van der Waals surface area (Å²) in [6.45, 7) is 8.02. The fraction of sp³-hybridized carbons (Fsp3) is 0.440. The number of piperidine rings is 1. The van der Waals surface area contributed by atoms with E-state index in [9.17, 15) is 4.39 Å². The van der Waals surface area contributed by atoms with Crippen LogP contribution in [0.5, 0.6) is 0 Å². The molecule has 0 N–H and O–H groups in total. The molecule has 1 saturated heterocycles. The normalized spacial score (nSPS) is 17.3. The van der Waals surface area contributed by atoms with Crippen LogP contribution in [0.2, 0.25) is 0 Å². The van der Waals surface area contributed by atoms with Crippen molar-refractivity contribution in [3.63, 3.8) is 0 Å². The van der Waals surface area contributed by atoms with Gasteiger partial charge in [0.15, 0.2) is 0 Å². The Morgan fingerprint density at radius 2 is 2.03 bits per heavy atom. The molecule has 0 aliphatic carbocycles. The third kappa shape index (κ3) is 6.21. The summed E-state index contributed by atoms with van der Waals surface area (Å²) < 4.78 is 18.9. The Kier molecular flexibility index (Phi) is 7.43. The number of rotatable bonds is 9. The van der Waals surface area contributed by atoms with Crippen LogP contribution in [0, 0.1) is 11.7 Å². The minimum Gasteiger partial charge on any atom is -0.338 e. The number of hydrogen-bond donors (Lipinski definition) is 0. The average Bonchev–Trinajstić information content (AvgIpc) is 3.27. The molecule has 2 aromatic carbocycles. The predicted octanol–water partition coefficient (Wildman–Crippen LogP) is 4.65. The fourth-order valence-corrected chi connectivity index (χ4v) is 4.37. The van der Waals surface area contributed by atoms with Crippen molar-refractivity contribution in [2.24, 2.45) is 5.92 Å². The van der Waals surface area contributed by atoms with E-state index < -0.39 is 0 Å². The van der Waals surface area contributed by atoms with Crippen LogP contribution in [-0.2, 0) is 13.0 Å². The average molecular weight is 423 g/mol. The Hall–Kier alpha value is -2.57. The molecule has 0 amide bonds. The Morgan fingerprint density at radius 1 is 1.16 bits per heavy atom. The van der Waals surface area contributed by atoms with Crippen LogP contribution in [0.25, 0.3) is 11.4 Å². The largest absolute Gasteiger partial charge is 0.338 e. The van der Waals surface area contributed by atoms with E-state index >= 15 is 0 Å². The first kappa shape index (κ1) is 21.7. The van der Waals surface area contributed by atoms with Gasteiger partial charge in [-0.25, -0.2) is 4.39 Å². The summed E-state index contributed by atoms with van der Waals surface area (Å²) in [5.74, 6) is 1.79. The SMILES string of the molecule is CCN(Cc1nc(-c2ccccc2)no1)C[C@@H]1CCCN(CCc2cccc(F)c2)C1. The summed E-state index contributed by atoms with van der Waals surface area (Å²) in [5.41, 5.74) is 2.05. The van der Waals surface area contributed by atoms with Gasteiger partial charge in [-0.3, -0.25) is 4.90 Å². The van der Waals surface area contributed by atoms with Gasteiger partial charge in [0.1, 0.15) is 5.82 Å². The van der Waals surface area contributed by atoms with Gasteiger partial charge in [-0.2, -0.15) is 4.98 Å². The zero-order valence-electron chi connectivity index (χ0n) is 18.2. The van der Waals surface area contributed by atoms with Crippen molar-refractivity contribution in [3.05, 3.63) is 71.9 Å². The molecule has 0 bridgehead atoms. The summed E-state index contributed by atoms with van der Waals surface area (Å²) in [7, 11) is 0. The molecule has 31 heavy (non-hydrogen) atoms. The Balaban J connectivity index is 1.28. The second kappa shape index (κ2) is 10.6. The second-order valence-corrected chi connectivity index (χ2v) is 8.39. The van der Waals surface area contributed by atoms with E-state index in [1.165, 1.54) is 18.9 Å². The van der Waals surface area contributed by atoms with Crippen molar-refractivity contribution in [1.82, 2.24) is 19.9 Å². The molecule has 2 heterocycles. The maximum atomic E-state index is 13.4. The molecule has 1 aromatic heterocycles. The number of aromatic nitrogens is 2. The number of likely N-dealkylation sites (tertiary alicyclic amines) is 1. The first-order chi connectivity index (χ1) is 15.2. The lowest BCUT2D eigenvalue weighted by Gasteiger charge is -2.35. The van der Waals surface area contributed by atoms with Gasteiger partial charge >= 0.3 is 0 Å². The molecule has 0 spiro atoms. The highest BCUT2D eigenvalue weighted by atomic mass is 19.1. The number of nitrogens with zero attached hydrogens (tertiary/aromatic N) is 4. The van der Waals surface area contributed by atoms with Crippen molar-refractivity contribution in [2.45, 2.75) is 32.7 Å². The van der Waals surface area contributed by atoms with Crippen LogP contribution in [0.15, 0.2) is 59.1 Å². The van der Waals surface area contributed by atoms with Crippen molar-refractivity contribution in [2.75, 3.05) is 32.7 Å². The van der Waals surface area contributed by atoms with Crippen LogP contribution in [0.4, 0.5) is 4.39 Å². The maximum Gasteiger partial charge on any atom is 0.241 e. The fourth-order valence-electron chi connectivity index (χ4n) is 4.37. The molecule has 3 aromatic rings. The summed E-state index contributed by atoms with van der Waals surface area (Å²) in [4.78, 5) is 9.50. The van der Waals surface area contributed by atoms with Gasteiger partial charge in [0, 0.05) is 25.2 Å². The van der Waals surface area contributed by atoms with E-state index in [0.717, 1.165) is 50.3 Å². The molecule has 4 rings (SSSR count). The third-order valence-electron chi connectivity index (χ3n) is 6.03. The molecular weight excluding hydrogens is 391 g/mol. The lowest BCUT2D eigenvalue weighted by molar-refractivity contribution is 0.126. The van der Waals surface area contributed by atoms with Gasteiger partial charge in [-0.15, -0.1) is 0 Å². The Morgan fingerprint density at radius 3 is 2.84 bits per heavy atom. The van der Waals surface area contributed by atoms with Crippen molar-refractivity contribution in [3.8, 4) is 11.4 Å². The van der Waals surface area contributed by atoms with E-state index in [1.54, 1.807) is 12.1 Å². The van der Waals surface area contributed by atoms with Crippen molar-refractivity contribution in [1.29, 1.82) is 0 Å². The zero-order chi connectivity index (χ0) is 21.5. The molecule has 0 unspecified atom stereocenters. The molecule has 1 aliphatic rings. The van der Waals surface area contributed by atoms with Crippen LogP contribution >= 0.6 is 0 Å². The maximum absolute atomic E-state index is 13.4. The molecule has 0 saturated carbocycles. The summed E-state index contributed by atoms with van der Waals surface area (Å²) >= 11 is 0. The first-order valence-electron chi connectivity index (χ1n) is 11.3. The smallest absolute Gasteiger partial charge is 0.241 e. The van der Waals surface area contributed by atoms with Gasteiger partial charge in [0.25, 0.3) is 0 Å².